The summed E-state index contributed by atoms with van der Waals surface area (Å²) >= 11 is 0. The smallest absolute Gasteiger partial charge is 0.227 e. The first-order chi connectivity index (χ1) is 10.1. The van der Waals surface area contributed by atoms with E-state index in [1.165, 1.54) is 0 Å². The summed E-state index contributed by atoms with van der Waals surface area (Å²) < 4.78 is 10.8. The third-order valence-electron chi connectivity index (χ3n) is 4.29. The van der Waals surface area contributed by atoms with Crippen molar-refractivity contribution in [2.24, 2.45) is 17.6 Å². The van der Waals surface area contributed by atoms with Gasteiger partial charge in [0, 0.05) is 32.3 Å². The van der Waals surface area contributed by atoms with Crippen LogP contribution in [-0.4, -0.2) is 56.4 Å². The monoisotopic (exact) mass is 300 g/mol. The van der Waals surface area contributed by atoms with Gasteiger partial charge in [0.15, 0.2) is 0 Å². The van der Waals surface area contributed by atoms with Crippen LogP contribution in [0.3, 0.4) is 0 Å². The molecule has 1 aliphatic rings. The van der Waals surface area contributed by atoms with Gasteiger partial charge in [-0.3, -0.25) is 4.79 Å². The van der Waals surface area contributed by atoms with Gasteiger partial charge < -0.3 is 20.1 Å². The average molecular weight is 300 g/mol. The van der Waals surface area contributed by atoms with Crippen LogP contribution in [0.1, 0.15) is 40.0 Å². The molecule has 1 aliphatic carbocycles. The topological polar surface area (TPSA) is 64.8 Å². The first-order valence-electron chi connectivity index (χ1n) is 8.31. The van der Waals surface area contributed by atoms with Crippen molar-refractivity contribution in [3.05, 3.63) is 0 Å². The van der Waals surface area contributed by atoms with Crippen molar-refractivity contribution in [2.75, 3.05) is 39.5 Å². The van der Waals surface area contributed by atoms with Crippen molar-refractivity contribution < 1.29 is 14.3 Å². The highest BCUT2D eigenvalue weighted by Gasteiger charge is 2.36. The normalized spacial score (nSPS) is 25.8. The Hall–Kier alpha value is -0.650. The number of carbonyl (C=O) groups excluding carboxylic acids is 1. The Morgan fingerprint density at radius 2 is 1.71 bits per heavy atom. The molecule has 1 fully saturated rings. The summed E-state index contributed by atoms with van der Waals surface area (Å²) in [7, 11) is 0. The third-order valence-corrected chi connectivity index (χ3v) is 4.29. The number of amides is 1. The Morgan fingerprint density at radius 3 is 2.19 bits per heavy atom. The molecule has 1 rings (SSSR count). The highest BCUT2D eigenvalue weighted by atomic mass is 16.5. The SMILES string of the molecule is CCOCCN(CCOCC)C(=O)C1C(C)CCCC1N. The Labute approximate surface area is 129 Å². The molecule has 0 aliphatic heterocycles. The van der Waals surface area contributed by atoms with Gasteiger partial charge >= 0.3 is 0 Å². The van der Waals surface area contributed by atoms with Crippen LogP contribution in [-0.2, 0) is 14.3 Å². The lowest BCUT2D eigenvalue weighted by Gasteiger charge is -2.37. The van der Waals surface area contributed by atoms with Crippen LogP contribution in [0, 0.1) is 11.8 Å². The standard InChI is InChI=1S/C16H32N2O3/c1-4-20-11-9-18(10-12-21-5-2)16(19)15-13(3)7-6-8-14(15)17/h13-15H,4-12,17H2,1-3H3. The molecule has 2 N–H and O–H groups in total. The molecule has 5 heteroatoms. The first kappa shape index (κ1) is 18.4. The van der Waals surface area contributed by atoms with Gasteiger partial charge in [0.1, 0.15) is 0 Å². The van der Waals surface area contributed by atoms with E-state index in [-0.39, 0.29) is 17.9 Å². The summed E-state index contributed by atoms with van der Waals surface area (Å²) in [5.74, 6) is 0.485. The quantitative estimate of drug-likeness (QED) is 0.658. The Kier molecular flexibility index (Phi) is 8.88. The van der Waals surface area contributed by atoms with Gasteiger partial charge in [0.25, 0.3) is 0 Å². The van der Waals surface area contributed by atoms with Gasteiger partial charge in [-0.15, -0.1) is 0 Å². The van der Waals surface area contributed by atoms with E-state index in [2.05, 4.69) is 6.92 Å². The van der Waals surface area contributed by atoms with Crippen LogP contribution in [0.2, 0.25) is 0 Å². The van der Waals surface area contributed by atoms with E-state index in [1.807, 2.05) is 18.7 Å². The van der Waals surface area contributed by atoms with E-state index in [0.717, 1.165) is 19.3 Å². The third kappa shape index (κ3) is 5.93. The zero-order chi connectivity index (χ0) is 15.7. The summed E-state index contributed by atoms with van der Waals surface area (Å²) in [6, 6.07) is -0.0112. The molecule has 0 spiro atoms. The molecule has 1 amide bonds. The summed E-state index contributed by atoms with van der Waals surface area (Å²) in [5, 5.41) is 0. The van der Waals surface area contributed by atoms with E-state index in [0.29, 0.717) is 45.4 Å². The molecular weight excluding hydrogens is 268 g/mol. The minimum atomic E-state index is -0.0537. The molecule has 0 radical (unpaired) electrons. The van der Waals surface area contributed by atoms with E-state index in [4.69, 9.17) is 15.2 Å². The number of ether oxygens (including phenoxy) is 2. The maximum absolute atomic E-state index is 12.8. The lowest BCUT2D eigenvalue weighted by atomic mass is 9.76. The lowest BCUT2D eigenvalue weighted by molar-refractivity contribution is -0.140. The van der Waals surface area contributed by atoms with Crippen molar-refractivity contribution >= 4 is 5.91 Å². The predicted octanol–water partition coefficient (Wildman–Crippen LogP) is 1.65. The number of hydrogen-bond acceptors (Lipinski definition) is 4. The summed E-state index contributed by atoms with van der Waals surface area (Å²) in [5.41, 5.74) is 6.21. The van der Waals surface area contributed by atoms with Crippen LogP contribution in [0.25, 0.3) is 0 Å². The van der Waals surface area contributed by atoms with E-state index >= 15 is 0 Å². The second kappa shape index (κ2) is 10.1. The number of carbonyl (C=O) groups is 1. The molecule has 0 heterocycles. The molecule has 124 valence electrons. The summed E-state index contributed by atoms with van der Waals surface area (Å²) in [4.78, 5) is 14.7. The van der Waals surface area contributed by atoms with E-state index in [9.17, 15) is 4.79 Å². The predicted molar refractivity (Wildman–Crippen MR) is 84.0 cm³/mol. The molecule has 21 heavy (non-hydrogen) atoms. The lowest BCUT2D eigenvalue weighted by Crippen LogP contribution is -2.50. The molecule has 0 aromatic heterocycles. The number of rotatable bonds is 9. The molecule has 0 bridgehead atoms. The maximum Gasteiger partial charge on any atom is 0.227 e. The second-order valence-corrected chi connectivity index (χ2v) is 5.82. The van der Waals surface area contributed by atoms with Crippen LogP contribution >= 0.6 is 0 Å². The van der Waals surface area contributed by atoms with Crippen LogP contribution in [0.4, 0.5) is 0 Å². The second-order valence-electron chi connectivity index (χ2n) is 5.82. The van der Waals surface area contributed by atoms with E-state index < -0.39 is 0 Å². The fraction of sp³-hybridized carbons (Fsp3) is 0.938. The molecule has 1 saturated carbocycles. The van der Waals surface area contributed by atoms with Gasteiger partial charge in [-0.25, -0.2) is 0 Å². The molecule has 0 saturated heterocycles. The highest BCUT2D eigenvalue weighted by Crippen LogP contribution is 2.30. The fourth-order valence-corrected chi connectivity index (χ4v) is 3.06. The number of hydrogen-bond donors (Lipinski definition) is 1. The van der Waals surface area contributed by atoms with Crippen LogP contribution in [0.5, 0.6) is 0 Å². The Bertz CT molecular complexity index is 279. The zero-order valence-electron chi connectivity index (χ0n) is 13.8. The Morgan fingerprint density at radius 1 is 1.14 bits per heavy atom. The first-order valence-corrected chi connectivity index (χ1v) is 8.31. The van der Waals surface area contributed by atoms with Gasteiger partial charge in [-0.1, -0.05) is 13.3 Å². The Balaban J connectivity index is 2.62. The largest absolute Gasteiger partial charge is 0.380 e. The minimum absolute atomic E-state index is 0.0112. The van der Waals surface area contributed by atoms with Crippen molar-refractivity contribution in [1.82, 2.24) is 4.90 Å². The summed E-state index contributed by atoms with van der Waals surface area (Å²) in [6.45, 7) is 9.81. The molecule has 0 aromatic rings. The van der Waals surface area contributed by atoms with E-state index in [1.54, 1.807) is 0 Å². The van der Waals surface area contributed by atoms with Gasteiger partial charge in [-0.2, -0.15) is 0 Å². The highest BCUT2D eigenvalue weighted by molar-refractivity contribution is 5.80. The number of nitrogens with zero attached hydrogens (tertiary/aromatic N) is 1. The van der Waals surface area contributed by atoms with Gasteiger partial charge in [0.2, 0.25) is 5.91 Å². The van der Waals surface area contributed by atoms with Crippen molar-refractivity contribution in [3.8, 4) is 0 Å². The fourth-order valence-electron chi connectivity index (χ4n) is 3.06. The maximum atomic E-state index is 12.8. The van der Waals surface area contributed by atoms with Gasteiger partial charge in [-0.05, 0) is 32.6 Å². The van der Waals surface area contributed by atoms with Crippen LogP contribution in [0.15, 0.2) is 0 Å². The molecule has 0 aromatic carbocycles. The summed E-state index contributed by atoms with van der Waals surface area (Å²) in [6.07, 6.45) is 3.17. The average Bonchev–Trinajstić information content (AvgIpc) is 2.45. The molecule has 5 nitrogen and oxygen atoms in total. The number of nitrogens with two attached hydrogens (primary N) is 1. The van der Waals surface area contributed by atoms with Crippen LogP contribution < -0.4 is 5.73 Å². The van der Waals surface area contributed by atoms with Gasteiger partial charge in [0.05, 0.1) is 19.1 Å². The van der Waals surface area contributed by atoms with Crippen molar-refractivity contribution in [3.63, 3.8) is 0 Å². The van der Waals surface area contributed by atoms with Crippen molar-refractivity contribution in [1.29, 1.82) is 0 Å². The molecule has 3 unspecified atom stereocenters. The van der Waals surface area contributed by atoms with Crippen molar-refractivity contribution in [2.45, 2.75) is 46.1 Å². The minimum Gasteiger partial charge on any atom is -0.380 e. The zero-order valence-corrected chi connectivity index (χ0v) is 13.8. The molecular formula is C16H32N2O3. The molecule has 3 atom stereocenters.